The lowest BCUT2D eigenvalue weighted by molar-refractivity contribution is -0.120. The first-order valence-corrected chi connectivity index (χ1v) is 4.94. The average molecular weight is 164 g/mol. The van der Waals surface area contributed by atoms with Crippen molar-refractivity contribution in [3.05, 3.63) is 11.6 Å². The molecule has 0 unspecified atom stereocenters. The Bertz CT molecular complexity index is 239. The lowest BCUT2D eigenvalue weighted by Crippen LogP contribution is -2.26. The number of Topliss-reactive ketones (excluding diaryl/α,β-unsaturated/α-hetero) is 1. The quantitative estimate of drug-likeness (QED) is 0.537. The van der Waals surface area contributed by atoms with E-state index in [0.29, 0.717) is 11.7 Å². The maximum atomic E-state index is 11.7. The number of allylic oxidation sites excluding steroid dienone is 2. The second-order valence-electron chi connectivity index (χ2n) is 4.32. The van der Waals surface area contributed by atoms with Crippen LogP contribution in [0.4, 0.5) is 0 Å². The van der Waals surface area contributed by atoms with Crippen LogP contribution in [-0.2, 0) is 4.79 Å². The molecule has 1 nitrogen and oxygen atoms in total. The molecule has 2 aliphatic carbocycles. The van der Waals surface area contributed by atoms with Crippen LogP contribution < -0.4 is 0 Å². The second kappa shape index (κ2) is 2.72. The molecule has 0 spiro atoms. The molecule has 0 amide bonds. The summed E-state index contributed by atoms with van der Waals surface area (Å²) in [7, 11) is 0. The SMILES string of the molecule is C[C@@H]1CC[C@@H]2C(=CC[C@H]2C)C1=O. The van der Waals surface area contributed by atoms with E-state index in [9.17, 15) is 4.79 Å². The standard InChI is InChI=1S/C11H16O/c1-7-3-6-10-9(7)5-4-8(2)11(10)12/h6-9H,3-5H2,1-2H3/t7-,8-,9+/m1/s1. The van der Waals surface area contributed by atoms with E-state index in [0.717, 1.165) is 24.3 Å². The van der Waals surface area contributed by atoms with Crippen molar-refractivity contribution in [2.24, 2.45) is 17.8 Å². The third-order valence-corrected chi connectivity index (χ3v) is 3.44. The monoisotopic (exact) mass is 164 g/mol. The van der Waals surface area contributed by atoms with Gasteiger partial charge in [-0.1, -0.05) is 19.9 Å². The first-order valence-electron chi connectivity index (χ1n) is 4.94. The van der Waals surface area contributed by atoms with Crippen molar-refractivity contribution in [2.75, 3.05) is 0 Å². The summed E-state index contributed by atoms with van der Waals surface area (Å²) in [4.78, 5) is 11.7. The molecule has 0 aromatic carbocycles. The van der Waals surface area contributed by atoms with Gasteiger partial charge in [0.05, 0.1) is 0 Å². The summed E-state index contributed by atoms with van der Waals surface area (Å²) >= 11 is 0. The fraction of sp³-hybridized carbons (Fsp3) is 0.727. The van der Waals surface area contributed by atoms with Crippen molar-refractivity contribution < 1.29 is 4.79 Å². The molecule has 0 aromatic rings. The summed E-state index contributed by atoms with van der Waals surface area (Å²) in [6.45, 7) is 4.32. The summed E-state index contributed by atoms with van der Waals surface area (Å²) in [6, 6.07) is 0. The largest absolute Gasteiger partial charge is 0.294 e. The number of fused-ring (bicyclic) bond motifs is 1. The van der Waals surface area contributed by atoms with Gasteiger partial charge in [-0.2, -0.15) is 0 Å². The Morgan fingerprint density at radius 1 is 1.33 bits per heavy atom. The zero-order valence-corrected chi connectivity index (χ0v) is 7.84. The van der Waals surface area contributed by atoms with Crippen LogP contribution in [0.2, 0.25) is 0 Å². The van der Waals surface area contributed by atoms with Gasteiger partial charge in [0.25, 0.3) is 0 Å². The highest BCUT2D eigenvalue weighted by Gasteiger charge is 2.36. The van der Waals surface area contributed by atoms with Gasteiger partial charge < -0.3 is 0 Å². The number of hydrogen-bond acceptors (Lipinski definition) is 1. The van der Waals surface area contributed by atoms with Gasteiger partial charge in [-0.05, 0) is 36.7 Å². The van der Waals surface area contributed by atoms with Gasteiger partial charge in [0.15, 0.2) is 5.78 Å². The van der Waals surface area contributed by atoms with Gasteiger partial charge in [0.1, 0.15) is 0 Å². The van der Waals surface area contributed by atoms with E-state index in [4.69, 9.17) is 0 Å². The molecule has 0 aliphatic heterocycles. The Labute approximate surface area is 73.8 Å². The van der Waals surface area contributed by atoms with Crippen LogP contribution in [0.25, 0.3) is 0 Å². The number of rotatable bonds is 0. The number of ketones is 1. The number of carbonyl (C=O) groups is 1. The van der Waals surface area contributed by atoms with Crippen LogP contribution in [0.5, 0.6) is 0 Å². The highest BCUT2D eigenvalue weighted by molar-refractivity contribution is 5.98. The molecule has 0 radical (unpaired) electrons. The lowest BCUT2D eigenvalue weighted by atomic mass is 9.76. The van der Waals surface area contributed by atoms with Crippen LogP contribution >= 0.6 is 0 Å². The Morgan fingerprint density at radius 3 is 2.83 bits per heavy atom. The first-order chi connectivity index (χ1) is 5.70. The summed E-state index contributed by atoms with van der Waals surface area (Å²) in [5.74, 6) is 2.04. The molecule has 12 heavy (non-hydrogen) atoms. The predicted molar refractivity (Wildman–Crippen MR) is 48.8 cm³/mol. The zero-order valence-electron chi connectivity index (χ0n) is 7.84. The molecule has 2 aliphatic rings. The number of carbonyl (C=O) groups excluding carboxylic acids is 1. The lowest BCUT2D eigenvalue weighted by Gasteiger charge is -2.27. The summed E-state index contributed by atoms with van der Waals surface area (Å²) in [5.41, 5.74) is 1.15. The third kappa shape index (κ3) is 1.03. The molecular weight excluding hydrogens is 148 g/mol. The summed E-state index contributed by atoms with van der Waals surface area (Å²) in [6.07, 6.45) is 5.64. The van der Waals surface area contributed by atoms with Crippen LogP contribution in [0, 0.1) is 17.8 Å². The van der Waals surface area contributed by atoms with Crippen molar-refractivity contribution in [3.63, 3.8) is 0 Å². The minimum absolute atomic E-state index is 0.290. The van der Waals surface area contributed by atoms with Crippen LogP contribution in [0.15, 0.2) is 11.6 Å². The number of hydrogen-bond donors (Lipinski definition) is 0. The van der Waals surface area contributed by atoms with Crippen molar-refractivity contribution in [1.29, 1.82) is 0 Å². The van der Waals surface area contributed by atoms with E-state index in [1.807, 2.05) is 0 Å². The third-order valence-electron chi connectivity index (χ3n) is 3.44. The smallest absolute Gasteiger partial charge is 0.161 e. The fourth-order valence-corrected chi connectivity index (χ4v) is 2.50. The highest BCUT2D eigenvalue weighted by atomic mass is 16.1. The van der Waals surface area contributed by atoms with Crippen molar-refractivity contribution in [2.45, 2.75) is 33.1 Å². The first kappa shape index (κ1) is 8.03. The Morgan fingerprint density at radius 2 is 2.08 bits per heavy atom. The van der Waals surface area contributed by atoms with Gasteiger partial charge in [-0.15, -0.1) is 0 Å². The molecule has 66 valence electrons. The van der Waals surface area contributed by atoms with Gasteiger partial charge in [0, 0.05) is 5.92 Å². The molecule has 0 saturated heterocycles. The van der Waals surface area contributed by atoms with E-state index in [1.165, 1.54) is 6.42 Å². The van der Waals surface area contributed by atoms with Crippen LogP contribution in [0.1, 0.15) is 33.1 Å². The molecular formula is C11H16O. The molecule has 1 heteroatoms. The molecule has 1 saturated carbocycles. The van der Waals surface area contributed by atoms with Crippen molar-refractivity contribution in [1.82, 2.24) is 0 Å². The van der Waals surface area contributed by atoms with Crippen LogP contribution in [-0.4, -0.2) is 5.78 Å². The topological polar surface area (TPSA) is 17.1 Å². The van der Waals surface area contributed by atoms with Gasteiger partial charge in [-0.25, -0.2) is 0 Å². The normalized spacial score (nSPS) is 41.0. The van der Waals surface area contributed by atoms with Gasteiger partial charge in [-0.3, -0.25) is 4.79 Å². The molecule has 3 atom stereocenters. The Kier molecular flexibility index (Phi) is 1.82. The van der Waals surface area contributed by atoms with E-state index in [2.05, 4.69) is 19.9 Å². The minimum atomic E-state index is 0.290. The van der Waals surface area contributed by atoms with E-state index < -0.39 is 0 Å². The van der Waals surface area contributed by atoms with Crippen molar-refractivity contribution in [3.8, 4) is 0 Å². The average Bonchev–Trinajstić information content (AvgIpc) is 2.41. The van der Waals surface area contributed by atoms with E-state index >= 15 is 0 Å². The maximum Gasteiger partial charge on any atom is 0.161 e. The highest BCUT2D eigenvalue weighted by Crippen LogP contribution is 2.41. The fourth-order valence-electron chi connectivity index (χ4n) is 2.50. The molecule has 0 N–H and O–H groups in total. The molecule has 0 bridgehead atoms. The minimum Gasteiger partial charge on any atom is -0.294 e. The van der Waals surface area contributed by atoms with Gasteiger partial charge >= 0.3 is 0 Å². The zero-order chi connectivity index (χ0) is 8.72. The molecule has 0 heterocycles. The summed E-state index contributed by atoms with van der Waals surface area (Å²) in [5, 5.41) is 0. The van der Waals surface area contributed by atoms with Gasteiger partial charge in [0.2, 0.25) is 0 Å². The molecule has 0 aromatic heterocycles. The molecule has 2 rings (SSSR count). The summed E-state index contributed by atoms with van der Waals surface area (Å²) < 4.78 is 0. The van der Waals surface area contributed by atoms with Crippen molar-refractivity contribution >= 4 is 5.78 Å². The maximum absolute atomic E-state index is 11.7. The van der Waals surface area contributed by atoms with Crippen LogP contribution in [0.3, 0.4) is 0 Å². The molecule has 1 fully saturated rings. The Balaban J connectivity index is 2.23. The second-order valence-corrected chi connectivity index (χ2v) is 4.32. The Hall–Kier alpha value is -0.590. The predicted octanol–water partition coefficient (Wildman–Crippen LogP) is 2.57. The van der Waals surface area contributed by atoms with E-state index in [1.54, 1.807) is 0 Å². The van der Waals surface area contributed by atoms with E-state index in [-0.39, 0.29) is 5.92 Å².